The van der Waals surface area contributed by atoms with Gasteiger partial charge in [0, 0.05) is 18.6 Å². The highest BCUT2D eigenvalue weighted by molar-refractivity contribution is 8.01. The highest BCUT2D eigenvalue weighted by Crippen LogP contribution is 2.47. The molecule has 2 saturated heterocycles. The Balaban J connectivity index is 1.47. The number of anilines is 1. The molecule has 3 rings (SSSR count). The number of rotatable bonds is 9. The smallest absolute Gasteiger partial charge is 0.249 e. The third-order valence-electron chi connectivity index (χ3n) is 5.19. The minimum absolute atomic E-state index is 0.0821. The van der Waals surface area contributed by atoms with E-state index in [0.29, 0.717) is 17.3 Å². The van der Waals surface area contributed by atoms with Crippen molar-refractivity contribution in [3.8, 4) is 0 Å². The number of hydrogen-bond acceptors (Lipinski definition) is 6. The molecule has 2 aliphatic rings. The van der Waals surface area contributed by atoms with Crippen LogP contribution in [0.4, 0.5) is 5.13 Å². The van der Waals surface area contributed by atoms with Crippen LogP contribution in [0.15, 0.2) is 0 Å². The fourth-order valence-corrected chi connectivity index (χ4v) is 5.88. The monoisotopic (exact) mass is 396 g/mol. The summed E-state index contributed by atoms with van der Waals surface area (Å²) in [5.74, 6) is 0.592. The van der Waals surface area contributed by atoms with Crippen molar-refractivity contribution in [2.45, 2.75) is 82.5 Å². The average Bonchev–Trinajstić information content (AvgIpc) is 3.27. The van der Waals surface area contributed by atoms with Crippen LogP contribution in [0.3, 0.4) is 0 Å². The number of aromatic nitrogens is 2. The zero-order valence-electron chi connectivity index (χ0n) is 15.6. The van der Waals surface area contributed by atoms with Gasteiger partial charge in [-0.1, -0.05) is 50.4 Å². The van der Waals surface area contributed by atoms with Crippen LogP contribution in [0.2, 0.25) is 0 Å². The molecule has 0 aliphatic carbocycles. The van der Waals surface area contributed by atoms with Crippen molar-refractivity contribution < 1.29 is 9.59 Å². The summed E-state index contributed by atoms with van der Waals surface area (Å²) < 4.78 is 0. The third kappa shape index (κ3) is 4.39. The van der Waals surface area contributed by atoms with Gasteiger partial charge < -0.3 is 4.90 Å². The van der Waals surface area contributed by atoms with Gasteiger partial charge in [-0.3, -0.25) is 14.9 Å². The number of amides is 2. The van der Waals surface area contributed by atoms with E-state index in [4.69, 9.17) is 0 Å². The van der Waals surface area contributed by atoms with E-state index in [1.807, 2.05) is 0 Å². The maximum absolute atomic E-state index is 12.6. The van der Waals surface area contributed by atoms with Crippen LogP contribution < -0.4 is 5.32 Å². The van der Waals surface area contributed by atoms with Crippen molar-refractivity contribution >= 4 is 40.0 Å². The molecule has 1 aromatic rings. The number of hydrogen-bond donors (Lipinski definition) is 1. The van der Waals surface area contributed by atoms with Gasteiger partial charge in [-0.25, -0.2) is 0 Å². The van der Waals surface area contributed by atoms with E-state index in [0.717, 1.165) is 24.3 Å². The Bertz CT molecular complexity index is 651. The lowest BCUT2D eigenvalue weighted by molar-refractivity contribution is -0.135. The number of nitrogens with zero attached hydrogens (tertiary/aromatic N) is 3. The van der Waals surface area contributed by atoms with Gasteiger partial charge in [0.2, 0.25) is 16.9 Å². The second-order valence-electron chi connectivity index (χ2n) is 7.27. The largest absolute Gasteiger partial charge is 0.315 e. The Morgan fingerprint density at radius 2 is 2.04 bits per heavy atom. The standard InChI is InChI=1S/C18H28N4O2S2/c1-3-4-5-6-7-8-9-14-20-21-17(26-14)19-16(24)13-12-25-18(2)11-10-15(23)22(13)18/h13H,3-12H2,1-2H3,(H,19,21,24). The predicted octanol–water partition coefficient (Wildman–Crippen LogP) is 3.83. The van der Waals surface area contributed by atoms with Crippen molar-refractivity contribution in [3.63, 3.8) is 0 Å². The molecule has 144 valence electrons. The molecule has 2 aliphatic heterocycles. The Labute approximate surface area is 163 Å². The summed E-state index contributed by atoms with van der Waals surface area (Å²) in [6.07, 6.45) is 9.77. The van der Waals surface area contributed by atoms with Crippen LogP contribution >= 0.6 is 23.1 Å². The summed E-state index contributed by atoms with van der Waals surface area (Å²) in [6.45, 7) is 4.28. The van der Waals surface area contributed by atoms with Crippen LogP contribution in [0.5, 0.6) is 0 Å². The average molecular weight is 397 g/mol. The van der Waals surface area contributed by atoms with Gasteiger partial charge in [-0.15, -0.1) is 22.0 Å². The molecule has 0 bridgehead atoms. The van der Waals surface area contributed by atoms with Crippen LogP contribution in [0.1, 0.15) is 70.2 Å². The molecule has 8 heteroatoms. The number of nitrogens with one attached hydrogen (secondary N) is 1. The second kappa shape index (κ2) is 8.69. The lowest BCUT2D eigenvalue weighted by Crippen LogP contribution is -2.48. The van der Waals surface area contributed by atoms with Crippen LogP contribution in [-0.4, -0.2) is 43.6 Å². The molecule has 0 saturated carbocycles. The Morgan fingerprint density at radius 3 is 2.85 bits per heavy atom. The summed E-state index contributed by atoms with van der Waals surface area (Å²) in [7, 11) is 0. The minimum atomic E-state index is -0.397. The Kier molecular flexibility index (Phi) is 6.55. The molecule has 1 N–H and O–H groups in total. The lowest BCUT2D eigenvalue weighted by Gasteiger charge is -2.29. The van der Waals surface area contributed by atoms with Crippen molar-refractivity contribution in [3.05, 3.63) is 5.01 Å². The highest BCUT2D eigenvalue weighted by Gasteiger charge is 2.52. The molecule has 2 unspecified atom stereocenters. The van der Waals surface area contributed by atoms with Gasteiger partial charge in [0.25, 0.3) is 0 Å². The fourth-order valence-electron chi connectivity index (χ4n) is 3.67. The minimum Gasteiger partial charge on any atom is -0.315 e. The second-order valence-corrected chi connectivity index (χ2v) is 9.84. The van der Waals surface area contributed by atoms with Gasteiger partial charge in [0.15, 0.2) is 0 Å². The van der Waals surface area contributed by atoms with Gasteiger partial charge in [-0.2, -0.15) is 0 Å². The van der Waals surface area contributed by atoms with E-state index >= 15 is 0 Å². The zero-order chi connectivity index (χ0) is 18.6. The van der Waals surface area contributed by atoms with Crippen molar-refractivity contribution in [1.29, 1.82) is 0 Å². The van der Waals surface area contributed by atoms with Gasteiger partial charge >= 0.3 is 0 Å². The number of thioether (sulfide) groups is 1. The summed E-state index contributed by atoms with van der Waals surface area (Å²) in [6, 6.07) is -0.397. The molecule has 2 atom stereocenters. The molecule has 3 heterocycles. The Morgan fingerprint density at radius 1 is 1.27 bits per heavy atom. The number of aryl methyl sites for hydroxylation is 1. The first-order valence-corrected chi connectivity index (χ1v) is 11.4. The first kappa shape index (κ1) is 19.6. The zero-order valence-corrected chi connectivity index (χ0v) is 17.3. The van der Waals surface area contributed by atoms with Crippen molar-refractivity contribution in [2.75, 3.05) is 11.1 Å². The third-order valence-corrected chi connectivity index (χ3v) is 7.59. The number of unbranched alkanes of at least 4 members (excludes halogenated alkanes) is 5. The van der Waals surface area contributed by atoms with Crippen molar-refractivity contribution in [2.24, 2.45) is 0 Å². The molecule has 2 fully saturated rings. The molecule has 0 aromatic carbocycles. The van der Waals surface area contributed by atoms with Crippen LogP contribution in [0, 0.1) is 0 Å². The number of fused-ring (bicyclic) bond motifs is 1. The quantitative estimate of drug-likeness (QED) is 0.642. The molecule has 1 aromatic heterocycles. The summed E-state index contributed by atoms with van der Waals surface area (Å²) in [5.41, 5.74) is 0. The molecule has 2 amide bonds. The lowest BCUT2D eigenvalue weighted by atomic mass is 10.1. The summed E-state index contributed by atoms with van der Waals surface area (Å²) >= 11 is 3.15. The van der Waals surface area contributed by atoms with Crippen molar-refractivity contribution in [1.82, 2.24) is 15.1 Å². The van der Waals surface area contributed by atoms with Gasteiger partial charge in [0.1, 0.15) is 11.0 Å². The molecule has 0 spiro atoms. The topological polar surface area (TPSA) is 75.2 Å². The summed E-state index contributed by atoms with van der Waals surface area (Å²) in [5, 5.41) is 12.7. The maximum atomic E-state index is 12.6. The molecule has 26 heavy (non-hydrogen) atoms. The van der Waals surface area contributed by atoms with Gasteiger partial charge in [-0.05, 0) is 19.8 Å². The molecular formula is C18H28N4O2S2. The predicted molar refractivity (Wildman–Crippen MR) is 106 cm³/mol. The number of carbonyl (C=O) groups is 2. The van der Waals surface area contributed by atoms with E-state index in [9.17, 15) is 9.59 Å². The maximum Gasteiger partial charge on any atom is 0.249 e. The fraction of sp³-hybridized carbons (Fsp3) is 0.778. The molecule has 6 nitrogen and oxygen atoms in total. The van der Waals surface area contributed by atoms with Crippen LogP contribution in [0.25, 0.3) is 0 Å². The van der Waals surface area contributed by atoms with E-state index in [1.165, 1.54) is 43.4 Å². The van der Waals surface area contributed by atoms with Crippen LogP contribution in [-0.2, 0) is 16.0 Å². The SMILES string of the molecule is CCCCCCCCc1nnc(NC(=O)C2CSC3(C)CCC(=O)N23)s1. The first-order valence-electron chi connectivity index (χ1n) is 9.63. The van der Waals surface area contributed by atoms with E-state index < -0.39 is 6.04 Å². The Hall–Kier alpha value is -1.15. The van der Waals surface area contributed by atoms with E-state index in [1.54, 1.807) is 16.7 Å². The van der Waals surface area contributed by atoms with E-state index in [2.05, 4.69) is 29.4 Å². The number of carbonyl (C=O) groups excluding carboxylic acids is 2. The summed E-state index contributed by atoms with van der Waals surface area (Å²) in [4.78, 5) is 26.3. The van der Waals surface area contributed by atoms with Gasteiger partial charge in [0.05, 0.1) is 4.87 Å². The molecule has 0 radical (unpaired) electrons. The first-order chi connectivity index (χ1) is 12.5. The molecular weight excluding hydrogens is 368 g/mol. The van der Waals surface area contributed by atoms with E-state index in [-0.39, 0.29) is 16.7 Å². The highest BCUT2D eigenvalue weighted by atomic mass is 32.2. The normalized spacial score (nSPS) is 24.9.